The lowest BCUT2D eigenvalue weighted by Gasteiger charge is -2.16. The maximum absolute atomic E-state index is 5.95. The summed E-state index contributed by atoms with van der Waals surface area (Å²) in [7, 11) is 0. The van der Waals surface area contributed by atoms with Gasteiger partial charge in [-0.1, -0.05) is 49.6 Å². The molecule has 0 aliphatic heterocycles. The lowest BCUT2D eigenvalue weighted by molar-refractivity contribution is 0.557. The van der Waals surface area contributed by atoms with Crippen LogP contribution in [-0.2, 0) is 0 Å². The quantitative estimate of drug-likeness (QED) is 0.394. The maximum atomic E-state index is 5.95. The molecule has 0 amide bonds. The highest BCUT2D eigenvalue weighted by Crippen LogP contribution is 2.21. The Bertz CT molecular complexity index is 1210. The fourth-order valence-corrected chi connectivity index (χ4v) is 3.08. The molecule has 30 heavy (non-hydrogen) atoms. The van der Waals surface area contributed by atoms with E-state index in [0.717, 1.165) is 44.4 Å². The van der Waals surface area contributed by atoms with Gasteiger partial charge in [0, 0.05) is 28.4 Å². The van der Waals surface area contributed by atoms with Crippen molar-refractivity contribution in [2.45, 2.75) is 26.8 Å². The van der Waals surface area contributed by atoms with Crippen molar-refractivity contribution < 1.29 is 0 Å². The molecule has 0 aliphatic carbocycles. The van der Waals surface area contributed by atoms with Crippen LogP contribution in [0.2, 0.25) is 5.02 Å². The lowest BCUT2D eigenvalue weighted by Crippen LogP contribution is -2.22. The molecule has 1 unspecified atom stereocenters. The minimum Gasteiger partial charge on any atom is -0.353 e. The molecule has 0 bridgehead atoms. The molecule has 4 nitrogen and oxygen atoms in total. The Morgan fingerprint density at radius 3 is 2.40 bits per heavy atom. The number of aromatic amines is 1. The number of H-pyrrole nitrogens is 1. The predicted octanol–water partition coefficient (Wildman–Crippen LogP) is 6.13. The third kappa shape index (κ3) is 4.64. The molecular formula is C25H23ClN4. The molecule has 0 saturated heterocycles. The van der Waals surface area contributed by atoms with Gasteiger partial charge in [-0.25, -0.2) is 9.97 Å². The van der Waals surface area contributed by atoms with E-state index in [9.17, 15) is 0 Å². The first-order valence-electron chi connectivity index (χ1n) is 9.98. The van der Waals surface area contributed by atoms with Crippen molar-refractivity contribution in [3.8, 4) is 23.0 Å². The van der Waals surface area contributed by atoms with Crippen LogP contribution in [0.1, 0.15) is 32.0 Å². The number of aromatic nitrogens is 3. The second-order valence-electron chi connectivity index (χ2n) is 7.68. The van der Waals surface area contributed by atoms with Crippen LogP contribution in [0.3, 0.4) is 0 Å². The molecule has 0 radical (unpaired) electrons. The number of imidazole rings is 1. The zero-order valence-corrected chi connectivity index (χ0v) is 18.0. The number of rotatable bonds is 4. The molecule has 1 atom stereocenters. The van der Waals surface area contributed by atoms with Gasteiger partial charge in [0.15, 0.2) is 0 Å². The summed E-state index contributed by atoms with van der Waals surface area (Å²) in [6.45, 7) is 6.52. The van der Waals surface area contributed by atoms with Crippen molar-refractivity contribution in [3.63, 3.8) is 0 Å². The second-order valence-corrected chi connectivity index (χ2v) is 8.12. The van der Waals surface area contributed by atoms with E-state index in [1.54, 1.807) is 0 Å². The smallest absolute Gasteiger partial charge is 0.201 e. The molecule has 0 saturated carbocycles. The van der Waals surface area contributed by atoms with Crippen LogP contribution in [0, 0.1) is 17.8 Å². The summed E-state index contributed by atoms with van der Waals surface area (Å²) in [6.07, 6.45) is 1.83. The molecule has 2 heterocycles. The van der Waals surface area contributed by atoms with E-state index in [2.05, 4.69) is 52.9 Å². The van der Waals surface area contributed by atoms with Crippen LogP contribution < -0.4 is 5.32 Å². The Morgan fingerprint density at radius 2 is 1.70 bits per heavy atom. The van der Waals surface area contributed by atoms with Gasteiger partial charge in [-0.2, -0.15) is 0 Å². The highest BCUT2D eigenvalue weighted by Gasteiger charge is 2.09. The number of nitrogens with one attached hydrogen (secondary N) is 2. The van der Waals surface area contributed by atoms with Crippen LogP contribution in [0.5, 0.6) is 0 Å². The first-order chi connectivity index (χ1) is 14.5. The Hall–Kier alpha value is -3.29. The Balaban J connectivity index is 1.51. The first-order valence-corrected chi connectivity index (χ1v) is 10.4. The zero-order chi connectivity index (χ0) is 21.1. The molecule has 2 aromatic carbocycles. The number of anilines is 1. The summed E-state index contributed by atoms with van der Waals surface area (Å²) in [5.74, 6) is 7.63. The summed E-state index contributed by atoms with van der Waals surface area (Å²) in [5, 5.41) is 4.13. The second kappa shape index (κ2) is 8.61. The van der Waals surface area contributed by atoms with E-state index in [1.165, 1.54) is 0 Å². The van der Waals surface area contributed by atoms with Crippen LogP contribution in [0.4, 0.5) is 5.95 Å². The topological polar surface area (TPSA) is 53.6 Å². The van der Waals surface area contributed by atoms with Gasteiger partial charge in [0.05, 0.1) is 11.0 Å². The maximum Gasteiger partial charge on any atom is 0.201 e. The van der Waals surface area contributed by atoms with E-state index in [4.69, 9.17) is 11.6 Å². The number of hydrogen-bond acceptors (Lipinski definition) is 3. The SMILES string of the molecule is CC(C)C(C)Nc1nc2cc(C#Cc3ccc(-c4ccc(Cl)cc4)cn3)ccc2[nH]1. The number of benzene rings is 2. The summed E-state index contributed by atoms with van der Waals surface area (Å²) in [6, 6.07) is 18.0. The molecular weight excluding hydrogens is 392 g/mol. The van der Waals surface area contributed by atoms with Gasteiger partial charge in [-0.15, -0.1) is 0 Å². The number of pyridine rings is 1. The molecule has 0 fully saturated rings. The van der Waals surface area contributed by atoms with E-state index < -0.39 is 0 Å². The molecule has 0 aliphatic rings. The number of halogens is 1. The summed E-state index contributed by atoms with van der Waals surface area (Å²) in [5.41, 5.74) is 5.62. The van der Waals surface area contributed by atoms with Crippen LogP contribution in [0.15, 0.2) is 60.8 Å². The molecule has 150 valence electrons. The monoisotopic (exact) mass is 414 g/mol. The highest BCUT2D eigenvalue weighted by atomic mass is 35.5. The standard InChI is InChI=1S/C25H23ClN4/c1-16(2)17(3)28-25-29-23-13-5-18(14-24(23)30-25)4-11-22-12-8-20(15-27-22)19-6-9-21(26)10-7-19/h5-10,12-17H,1-3H3,(H2,28,29,30). The Labute approximate surface area is 181 Å². The molecule has 2 N–H and O–H groups in total. The zero-order valence-electron chi connectivity index (χ0n) is 17.2. The van der Waals surface area contributed by atoms with E-state index in [-0.39, 0.29) is 0 Å². The Kier molecular flexibility index (Phi) is 5.74. The van der Waals surface area contributed by atoms with Crippen LogP contribution in [-0.4, -0.2) is 21.0 Å². The van der Waals surface area contributed by atoms with Crippen molar-refractivity contribution >= 4 is 28.6 Å². The fourth-order valence-electron chi connectivity index (χ4n) is 2.95. The largest absolute Gasteiger partial charge is 0.353 e. The minimum atomic E-state index is 0.340. The minimum absolute atomic E-state index is 0.340. The third-order valence-electron chi connectivity index (χ3n) is 5.12. The van der Waals surface area contributed by atoms with Crippen molar-refractivity contribution in [1.29, 1.82) is 0 Å². The predicted molar refractivity (Wildman–Crippen MR) is 125 cm³/mol. The van der Waals surface area contributed by atoms with Crippen molar-refractivity contribution in [2.24, 2.45) is 5.92 Å². The Morgan fingerprint density at radius 1 is 0.933 bits per heavy atom. The van der Waals surface area contributed by atoms with Gasteiger partial charge < -0.3 is 10.3 Å². The van der Waals surface area contributed by atoms with Gasteiger partial charge in [0.1, 0.15) is 5.69 Å². The van der Waals surface area contributed by atoms with Gasteiger partial charge in [0.25, 0.3) is 0 Å². The van der Waals surface area contributed by atoms with Crippen LogP contribution in [0.25, 0.3) is 22.2 Å². The highest BCUT2D eigenvalue weighted by molar-refractivity contribution is 6.30. The van der Waals surface area contributed by atoms with E-state index in [1.807, 2.05) is 60.8 Å². The van der Waals surface area contributed by atoms with Crippen LogP contribution >= 0.6 is 11.6 Å². The van der Waals surface area contributed by atoms with E-state index >= 15 is 0 Å². The van der Waals surface area contributed by atoms with Crippen molar-refractivity contribution in [2.75, 3.05) is 5.32 Å². The first kappa shape index (κ1) is 20.0. The van der Waals surface area contributed by atoms with Crippen molar-refractivity contribution in [3.05, 3.63) is 77.1 Å². The lowest BCUT2D eigenvalue weighted by atomic mass is 10.1. The molecule has 2 aromatic heterocycles. The fraction of sp³-hybridized carbons (Fsp3) is 0.200. The van der Waals surface area contributed by atoms with Gasteiger partial charge in [-0.3, -0.25) is 0 Å². The van der Waals surface area contributed by atoms with E-state index in [0.29, 0.717) is 12.0 Å². The number of hydrogen-bond donors (Lipinski definition) is 2. The molecule has 4 rings (SSSR count). The van der Waals surface area contributed by atoms with Gasteiger partial charge in [-0.05, 0) is 60.7 Å². The number of nitrogens with zero attached hydrogens (tertiary/aromatic N) is 2. The van der Waals surface area contributed by atoms with Gasteiger partial charge >= 0.3 is 0 Å². The van der Waals surface area contributed by atoms with Crippen molar-refractivity contribution in [1.82, 2.24) is 15.0 Å². The molecule has 0 spiro atoms. The average molecular weight is 415 g/mol. The van der Waals surface area contributed by atoms with Gasteiger partial charge in [0.2, 0.25) is 5.95 Å². The molecule has 5 heteroatoms. The average Bonchev–Trinajstić information content (AvgIpc) is 3.14. The summed E-state index contributed by atoms with van der Waals surface area (Å²) in [4.78, 5) is 12.4. The summed E-state index contributed by atoms with van der Waals surface area (Å²) < 4.78 is 0. The normalized spacial score (nSPS) is 11.9. The molecule has 4 aromatic rings. The number of fused-ring (bicyclic) bond motifs is 1. The summed E-state index contributed by atoms with van der Waals surface area (Å²) >= 11 is 5.95. The third-order valence-corrected chi connectivity index (χ3v) is 5.38.